The predicted molar refractivity (Wildman–Crippen MR) is 104 cm³/mol. The fraction of sp³-hybridized carbons (Fsp3) is 0.333. The van der Waals surface area contributed by atoms with Gasteiger partial charge in [-0.3, -0.25) is 0 Å². The quantitative estimate of drug-likeness (QED) is 0.800. The Labute approximate surface area is 151 Å². The van der Waals surface area contributed by atoms with E-state index in [0.717, 1.165) is 22.5 Å². The van der Waals surface area contributed by atoms with Crippen LogP contribution < -0.4 is 10.1 Å². The van der Waals surface area contributed by atoms with Crippen LogP contribution in [0.15, 0.2) is 72.6 Å². The number of nitrogens with one attached hydrogen (secondary N) is 1. The molecule has 0 spiro atoms. The summed E-state index contributed by atoms with van der Waals surface area (Å²) in [5.41, 5.74) is 2.24. The zero-order valence-electron chi connectivity index (χ0n) is 15.4. The Kier molecular flexibility index (Phi) is 5.29. The molecule has 0 aliphatic carbocycles. The molecule has 25 heavy (non-hydrogen) atoms. The van der Waals surface area contributed by atoms with E-state index in [0.29, 0.717) is 0 Å². The van der Waals surface area contributed by atoms with Gasteiger partial charge in [0, 0.05) is 25.4 Å². The van der Waals surface area contributed by atoms with Crippen LogP contribution in [0.25, 0.3) is 0 Å². The molecule has 0 bridgehead atoms. The highest BCUT2D eigenvalue weighted by molar-refractivity contribution is 5.60. The third-order valence-corrected chi connectivity index (χ3v) is 4.18. The Balaban J connectivity index is 1.45. The summed E-state index contributed by atoms with van der Waals surface area (Å²) in [6.07, 6.45) is 15.8. The first kappa shape index (κ1) is 17.4. The average Bonchev–Trinajstić information content (AvgIpc) is 2.98. The van der Waals surface area contributed by atoms with Gasteiger partial charge in [-0.1, -0.05) is 24.3 Å². The van der Waals surface area contributed by atoms with E-state index in [1.54, 1.807) is 0 Å². The lowest BCUT2D eigenvalue weighted by Crippen LogP contribution is -2.36. The number of fused-ring (bicyclic) bond motifs is 1. The van der Waals surface area contributed by atoms with Crippen molar-refractivity contribution in [2.75, 3.05) is 39.5 Å². The zero-order chi connectivity index (χ0) is 17.7. The third kappa shape index (κ3) is 5.26. The van der Waals surface area contributed by atoms with Crippen molar-refractivity contribution in [3.05, 3.63) is 72.6 Å². The van der Waals surface area contributed by atoms with Crippen LogP contribution in [0, 0.1) is 0 Å². The lowest BCUT2D eigenvalue weighted by atomic mass is 10.2. The van der Waals surface area contributed by atoms with Crippen LogP contribution in [0.5, 0.6) is 5.75 Å². The van der Waals surface area contributed by atoms with Crippen LogP contribution in [0.1, 0.15) is 6.42 Å². The Morgan fingerprint density at radius 3 is 2.64 bits per heavy atom. The van der Waals surface area contributed by atoms with E-state index >= 15 is 0 Å². The maximum Gasteiger partial charge on any atom is 0.189 e. The van der Waals surface area contributed by atoms with Crippen LogP contribution in [0.4, 0.5) is 5.69 Å². The molecule has 0 saturated carbocycles. The molecule has 0 saturated heterocycles. The number of anilines is 1. The molecule has 0 fully saturated rings. The number of nitrogens with zero attached hydrogens (tertiary/aromatic N) is 2. The summed E-state index contributed by atoms with van der Waals surface area (Å²) in [5, 5.41) is 3.33. The van der Waals surface area contributed by atoms with Gasteiger partial charge in [0.05, 0.1) is 33.4 Å². The molecule has 1 N–H and O–H groups in total. The molecule has 2 heterocycles. The molecule has 4 nitrogen and oxygen atoms in total. The van der Waals surface area contributed by atoms with Gasteiger partial charge in [0.15, 0.2) is 6.23 Å². The second kappa shape index (κ2) is 7.62. The molecule has 1 atom stereocenters. The SMILES string of the molecule is C[N+](C)(C)CCCN1C=CC(=C/C=C/C2Nc3ccccc3O2)C=C1. The molecular weight excluding hydrogens is 310 g/mol. The fourth-order valence-corrected chi connectivity index (χ4v) is 2.82. The first-order valence-corrected chi connectivity index (χ1v) is 8.83. The molecule has 1 unspecified atom stereocenters. The van der Waals surface area contributed by atoms with Crippen LogP contribution >= 0.6 is 0 Å². The molecule has 2 aliphatic rings. The highest BCUT2D eigenvalue weighted by Gasteiger charge is 2.17. The van der Waals surface area contributed by atoms with Gasteiger partial charge in [0.1, 0.15) is 5.75 Å². The number of quaternary nitrogens is 1. The molecule has 1 aromatic rings. The van der Waals surface area contributed by atoms with Gasteiger partial charge in [-0.2, -0.15) is 0 Å². The van der Waals surface area contributed by atoms with Crippen LogP contribution in [-0.2, 0) is 0 Å². The van der Waals surface area contributed by atoms with Crippen molar-refractivity contribution in [2.45, 2.75) is 12.6 Å². The fourth-order valence-electron chi connectivity index (χ4n) is 2.82. The standard InChI is InChI=1S/C21H28N3O/c1-24(2,3)17-7-14-23-15-12-18(13-16-23)8-6-11-21-22-19-9-4-5-10-20(19)25-21/h4-6,8-13,15-16,21-22H,7,14,17H2,1-3H3/q+1/b11-6+. The minimum absolute atomic E-state index is 0.0992. The first-order chi connectivity index (χ1) is 12.0. The average molecular weight is 338 g/mol. The number of benzene rings is 1. The van der Waals surface area contributed by atoms with Crippen LogP contribution in [-0.4, -0.2) is 49.8 Å². The van der Waals surface area contributed by atoms with E-state index in [1.807, 2.05) is 36.4 Å². The summed E-state index contributed by atoms with van der Waals surface area (Å²) in [7, 11) is 6.70. The molecule has 4 heteroatoms. The van der Waals surface area contributed by atoms with Crippen molar-refractivity contribution in [1.29, 1.82) is 0 Å². The Morgan fingerprint density at radius 2 is 1.92 bits per heavy atom. The Morgan fingerprint density at radius 1 is 1.16 bits per heavy atom. The van der Waals surface area contributed by atoms with Gasteiger partial charge >= 0.3 is 0 Å². The second-order valence-corrected chi connectivity index (χ2v) is 7.47. The van der Waals surface area contributed by atoms with Crippen molar-refractivity contribution in [1.82, 2.24) is 4.90 Å². The molecule has 132 valence electrons. The largest absolute Gasteiger partial charge is 0.465 e. The van der Waals surface area contributed by atoms with Gasteiger partial charge in [0.25, 0.3) is 0 Å². The highest BCUT2D eigenvalue weighted by atomic mass is 16.5. The van der Waals surface area contributed by atoms with Crippen molar-refractivity contribution in [2.24, 2.45) is 0 Å². The van der Waals surface area contributed by atoms with E-state index in [1.165, 1.54) is 18.5 Å². The van der Waals surface area contributed by atoms with Crippen molar-refractivity contribution in [3.63, 3.8) is 0 Å². The summed E-state index contributed by atoms with van der Waals surface area (Å²) >= 11 is 0. The number of para-hydroxylation sites is 2. The number of ether oxygens (including phenoxy) is 1. The van der Waals surface area contributed by atoms with E-state index in [-0.39, 0.29) is 6.23 Å². The van der Waals surface area contributed by atoms with Crippen LogP contribution in [0.2, 0.25) is 0 Å². The van der Waals surface area contributed by atoms with Crippen LogP contribution in [0.3, 0.4) is 0 Å². The highest BCUT2D eigenvalue weighted by Crippen LogP contribution is 2.31. The van der Waals surface area contributed by atoms with Crippen molar-refractivity contribution in [3.8, 4) is 5.75 Å². The Hall–Kier alpha value is -2.46. The molecule has 0 aromatic heterocycles. The predicted octanol–water partition coefficient (Wildman–Crippen LogP) is 3.74. The van der Waals surface area contributed by atoms with Crippen molar-refractivity contribution < 1.29 is 9.22 Å². The topological polar surface area (TPSA) is 24.5 Å². The summed E-state index contributed by atoms with van der Waals surface area (Å²) in [4.78, 5) is 2.25. The third-order valence-electron chi connectivity index (χ3n) is 4.18. The lowest BCUT2D eigenvalue weighted by Gasteiger charge is -2.25. The van der Waals surface area contributed by atoms with E-state index in [2.05, 4.69) is 62.0 Å². The monoisotopic (exact) mass is 338 g/mol. The van der Waals surface area contributed by atoms with Gasteiger partial charge < -0.3 is 19.4 Å². The number of hydrogen-bond acceptors (Lipinski definition) is 3. The molecule has 0 radical (unpaired) electrons. The number of hydrogen-bond donors (Lipinski definition) is 1. The van der Waals surface area contributed by atoms with Gasteiger partial charge in [-0.05, 0) is 35.9 Å². The van der Waals surface area contributed by atoms with E-state index in [9.17, 15) is 0 Å². The van der Waals surface area contributed by atoms with E-state index in [4.69, 9.17) is 4.74 Å². The van der Waals surface area contributed by atoms with Gasteiger partial charge in [-0.25, -0.2) is 0 Å². The van der Waals surface area contributed by atoms with Crippen molar-refractivity contribution >= 4 is 5.69 Å². The molecule has 2 aliphatic heterocycles. The molecule has 1 aromatic carbocycles. The Bertz CT molecular complexity index is 669. The molecular formula is C21H28N3O+. The summed E-state index contributed by atoms with van der Waals surface area (Å²) < 4.78 is 6.82. The molecule has 0 amide bonds. The summed E-state index contributed by atoms with van der Waals surface area (Å²) in [6.45, 7) is 2.24. The van der Waals surface area contributed by atoms with Gasteiger partial charge in [-0.15, -0.1) is 0 Å². The lowest BCUT2D eigenvalue weighted by molar-refractivity contribution is -0.870. The maximum absolute atomic E-state index is 5.81. The number of allylic oxidation sites excluding steroid dienone is 5. The maximum atomic E-state index is 5.81. The minimum atomic E-state index is -0.0992. The zero-order valence-corrected chi connectivity index (χ0v) is 15.4. The van der Waals surface area contributed by atoms with Gasteiger partial charge in [0.2, 0.25) is 0 Å². The number of rotatable bonds is 6. The normalized spacial score (nSPS) is 19.1. The molecule has 3 rings (SSSR count). The summed E-state index contributed by atoms with van der Waals surface area (Å²) in [6, 6.07) is 8.00. The summed E-state index contributed by atoms with van der Waals surface area (Å²) in [5.74, 6) is 0.909. The smallest absolute Gasteiger partial charge is 0.189 e. The second-order valence-electron chi connectivity index (χ2n) is 7.47. The van der Waals surface area contributed by atoms with E-state index < -0.39 is 0 Å². The minimum Gasteiger partial charge on any atom is -0.465 e. The first-order valence-electron chi connectivity index (χ1n) is 8.83.